The van der Waals surface area contributed by atoms with Gasteiger partial charge >= 0.3 is 0 Å². The van der Waals surface area contributed by atoms with Gasteiger partial charge in [-0.2, -0.15) is 5.23 Å². The van der Waals surface area contributed by atoms with E-state index < -0.39 is 5.23 Å². The standard InChI is InChI=1S/C11H8N4O3/c16-11-6-2-1-3-7(15(17)18)8(6)9-10(14-11)13-5-4-12-9/h1-5,15,17H,(H,13,14,16). The molecule has 1 unspecified atom stereocenters. The van der Waals surface area contributed by atoms with Crippen molar-refractivity contribution in [3.8, 4) is 0 Å². The van der Waals surface area contributed by atoms with Crippen molar-refractivity contribution in [3.63, 3.8) is 0 Å². The molecule has 0 radical (unpaired) electrons. The molecule has 0 aliphatic rings. The minimum Gasteiger partial charge on any atom is -0.595 e. The third-order valence-corrected chi connectivity index (χ3v) is 2.71. The molecule has 0 fully saturated rings. The summed E-state index contributed by atoms with van der Waals surface area (Å²) in [5.74, 6) is 0. The molecule has 0 saturated carbocycles. The minimum atomic E-state index is -1.10. The average Bonchev–Trinajstić information content (AvgIpc) is 2.38. The molecule has 0 bridgehead atoms. The number of fused-ring (bicyclic) bond motifs is 3. The summed E-state index contributed by atoms with van der Waals surface area (Å²) in [5.41, 5.74) is 0.332. The van der Waals surface area contributed by atoms with Crippen LogP contribution < -0.4 is 10.8 Å². The van der Waals surface area contributed by atoms with Gasteiger partial charge in [0.25, 0.3) is 5.56 Å². The van der Waals surface area contributed by atoms with Gasteiger partial charge < -0.3 is 10.2 Å². The second-order valence-corrected chi connectivity index (χ2v) is 3.74. The summed E-state index contributed by atoms with van der Waals surface area (Å²) in [6, 6.07) is 4.54. The van der Waals surface area contributed by atoms with Gasteiger partial charge in [0.05, 0.1) is 10.8 Å². The van der Waals surface area contributed by atoms with E-state index in [1.54, 1.807) is 6.07 Å². The Morgan fingerprint density at radius 1 is 1.28 bits per heavy atom. The molecule has 90 valence electrons. The fraction of sp³-hybridized carbons (Fsp3) is 0. The van der Waals surface area contributed by atoms with Gasteiger partial charge in [0.1, 0.15) is 5.52 Å². The largest absolute Gasteiger partial charge is 0.595 e. The maximum absolute atomic E-state index is 11.9. The van der Waals surface area contributed by atoms with Crippen LogP contribution in [0.25, 0.3) is 21.9 Å². The first-order chi connectivity index (χ1) is 8.68. The molecule has 1 aromatic carbocycles. The predicted octanol–water partition coefficient (Wildman–Crippen LogP) is -0.125. The SMILES string of the molecule is O=c1[nH]c2nccnc2c2c([NH+]([O-])O)cccc12. The number of rotatable bonds is 1. The Bertz CT molecular complexity index is 797. The fourth-order valence-electron chi connectivity index (χ4n) is 1.96. The van der Waals surface area contributed by atoms with Crippen LogP contribution in [0.5, 0.6) is 0 Å². The first-order valence-electron chi connectivity index (χ1n) is 5.17. The first-order valence-corrected chi connectivity index (χ1v) is 5.17. The molecule has 2 aromatic heterocycles. The first kappa shape index (κ1) is 10.8. The number of H-pyrrole nitrogens is 1. The van der Waals surface area contributed by atoms with Gasteiger partial charge in [-0.15, -0.1) is 0 Å². The summed E-state index contributed by atoms with van der Waals surface area (Å²) in [4.78, 5) is 22.5. The van der Waals surface area contributed by atoms with Crippen molar-refractivity contribution >= 4 is 27.6 Å². The van der Waals surface area contributed by atoms with Crippen LogP contribution in [0.3, 0.4) is 0 Å². The smallest absolute Gasteiger partial charge is 0.257 e. The molecule has 0 saturated heterocycles. The van der Waals surface area contributed by atoms with Crippen molar-refractivity contribution in [1.29, 1.82) is 0 Å². The maximum atomic E-state index is 11.9. The topological polar surface area (TPSA) is 106 Å². The van der Waals surface area contributed by atoms with Gasteiger partial charge in [-0.1, -0.05) is 6.07 Å². The van der Waals surface area contributed by atoms with Crippen molar-refractivity contribution < 1.29 is 10.4 Å². The predicted molar refractivity (Wildman–Crippen MR) is 63.4 cm³/mol. The van der Waals surface area contributed by atoms with E-state index >= 15 is 0 Å². The Labute approximate surface area is 99.9 Å². The summed E-state index contributed by atoms with van der Waals surface area (Å²) >= 11 is 0. The molecule has 3 rings (SSSR count). The van der Waals surface area contributed by atoms with Gasteiger partial charge in [-0.25, -0.2) is 10.2 Å². The summed E-state index contributed by atoms with van der Waals surface area (Å²) in [6.07, 6.45) is 2.90. The number of hydrogen-bond donors (Lipinski definition) is 3. The van der Waals surface area contributed by atoms with Gasteiger partial charge in [-0.05, 0) is 6.07 Å². The van der Waals surface area contributed by atoms with Crippen LogP contribution in [0.2, 0.25) is 0 Å². The van der Waals surface area contributed by atoms with Gasteiger partial charge in [0.15, 0.2) is 11.3 Å². The maximum Gasteiger partial charge on any atom is 0.257 e. The number of hydrogen-bond acceptors (Lipinski definition) is 5. The number of pyridine rings is 1. The summed E-state index contributed by atoms with van der Waals surface area (Å²) < 4.78 is 0. The van der Waals surface area contributed by atoms with Gasteiger partial charge in [0.2, 0.25) is 0 Å². The number of nitrogens with one attached hydrogen (secondary N) is 2. The van der Waals surface area contributed by atoms with Crippen molar-refractivity contribution in [2.75, 3.05) is 0 Å². The fourth-order valence-corrected chi connectivity index (χ4v) is 1.96. The van der Waals surface area contributed by atoms with E-state index in [9.17, 15) is 15.2 Å². The molecule has 7 nitrogen and oxygen atoms in total. The third-order valence-electron chi connectivity index (χ3n) is 2.71. The van der Waals surface area contributed by atoms with E-state index in [4.69, 9.17) is 0 Å². The van der Waals surface area contributed by atoms with Crippen molar-refractivity contribution in [2.45, 2.75) is 0 Å². The highest BCUT2D eigenvalue weighted by molar-refractivity contribution is 6.06. The Morgan fingerprint density at radius 2 is 2.06 bits per heavy atom. The molecule has 2 heterocycles. The lowest BCUT2D eigenvalue weighted by Gasteiger charge is -2.14. The second kappa shape index (κ2) is 3.84. The summed E-state index contributed by atoms with van der Waals surface area (Å²) in [6.45, 7) is 0. The zero-order valence-electron chi connectivity index (χ0n) is 9.04. The van der Waals surface area contributed by atoms with Crippen molar-refractivity contribution in [1.82, 2.24) is 15.0 Å². The summed E-state index contributed by atoms with van der Waals surface area (Å²) in [5, 5.41) is 19.9. The molecule has 0 spiro atoms. The molecule has 3 N–H and O–H groups in total. The number of benzene rings is 1. The monoisotopic (exact) mass is 244 g/mol. The molecule has 3 aromatic rings. The second-order valence-electron chi connectivity index (χ2n) is 3.74. The van der Waals surface area contributed by atoms with Crippen molar-refractivity contribution in [2.24, 2.45) is 0 Å². The number of quaternary nitrogens is 1. The van der Waals surface area contributed by atoms with E-state index in [2.05, 4.69) is 15.0 Å². The number of nitrogens with zero attached hydrogens (tertiary/aromatic N) is 2. The number of aromatic nitrogens is 3. The van der Waals surface area contributed by atoms with Gasteiger partial charge in [-0.3, -0.25) is 9.78 Å². The highest BCUT2D eigenvalue weighted by atomic mass is 16.8. The normalized spacial score (nSPS) is 13.0. The highest BCUT2D eigenvalue weighted by Gasteiger charge is 2.14. The van der Waals surface area contributed by atoms with E-state index in [0.717, 1.165) is 0 Å². The Balaban J connectivity index is 2.64. The molecule has 7 heteroatoms. The molecule has 18 heavy (non-hydrogen) atoms. The van der Waals surface area contributed by atoms with Gasteiger partial charge in [0, 0.05) is 18.5 Å². The van der Waals surface area contributed by atoms with Crippen molar-refractivity contribution in [3.05, 3.63) is 46.2 Å². The zero-order valence-corrected chi connectivity index (χ0v) is 9.04. The zero-order chi connectivity index (χ0) is 12.7. The molecule has 0 amide bonds. The lowest BCUT2D eigenvalue weighted by atomic mass is 10.1. The van der Waals surface area contributed by atoms with E-state index in [0.29, 0.717) is 16.3 Å². The van der Waals surface area contributed by atoms with Crippen LogP contribution in [0.4, 0.5) is 5.69 Å². The molecule has 0 aliphatic carbocycles. The Hall–Kier alpha value is -2.35. The molecule has 1 atom stereocenters. The van der Waals surface area contributed by atoms with E-state index in [1.807, 2.05) is 0 Å². The molecular weight excluding hydrogens is 236 g/mol. The lowest BCUT2D eigenvalue weighted by molar-refractivity contribution is -0.990. The van der Waals surface area contributed by atoms with Crippen LogP contribution in [0.15, 0.2) is 35.4 Å². The van der Waals surface area contributed by atoms with Crippen LogP contribution in [-0.2, 0) is 0 Å². The van der Waals surface area contributed by atoms with Crippen LogP contribution in [0.1, 0.15) is 0 Å². The lowest BCUT2D eigenvalue weighted by Crippen LogP contribution is -2.99. The average molecular weight is 244 g/mol. The minimum absolute atomic E-state index is 0.0455. The Morgan fingerprint density at radius 3 is 2.83 bits per heavy atom. The quantitative estimate of drug-likeness (QED) is 0.408. The van der Waals surface area contributed by atoms with Crippen LogP contribution >= 0.6 is 0 Å². The highest BCUT2D eigenvalue weighted by Crippen LogP contribution is 2.23. The number of aromatic amines is 1. The summed E-state index contributed by atoms with van der Waals surface area (Å²) in [7, 11) is 0. The third kappa shape index (κ3) is 1.46. The van der Waals surface area contributed by atoms with Crippen LogP contribution in [0, 0.1) is 5.21 Å². The Kier molecular flexibility index (Phi) is 2.30. The van der Waals surface area contributed by atoms with E-state index in [-0.39, 0.29) is 16.9 Å². The van der Waals surface area contributed by atoms with E-state index in [1.165, 1.54) is 24.5 Å². The molecular formula is C11H8N4O3. The molecule has 0 aliphatic heterocycles. The van der Waals surface area contributed by atoms with Crippen LogP contribution in [-0.4, -0.2) is 20.2 Å².